The zero-order chi connectivity index (χ0) is 11.1. The second-order valence-corrected chi connectivity index (χ2v) is 3.58. The molecule has 0 aliphatic heterocycles. The number of hydrogen-bond acceptors (Lipinski definition) is 2. The molecule has 5 heteroatoms. The van der Waals surface area contributed by atoms with E-state index in [0.29, 0.717) is 22.4 Å². The number of rotatable bonds is 1. The van der Waals surface area contributed by atoms with Crippen molar-refractivity contribution in [2.75, 3.05) is 0 Å². The van der Waals surface area contributed by atoms with E-state index >= 15 is 0 Å². The Labute approximate surface area is 90.8 Å². The number of aromatic amines is 1. The molecule has 0 saturated carbocycles. The lowest BCUT2D eigenvalue weighted by molar-refractivity contribution is 0.634. The molecule has 80 valence electrons. The Kier molecular flexibility index (Phi) is 1.80. The summed E-state index contributed by atoms with van der Waals surface area (Å²) in [6.45, 7) is 0. The van der Waals surface area contributed by atoms with Gasteiger partial charge in [-0.05, 0) is 6.07 Å². The van der Waals surface area contributed by atoms with Crippen LogP contribution in [-0.4, -0.2) is 19.5 Å². The van der Waals surface area contributed by atoms with E-state index in [2.05, 4.69) is 15.0 Å². The van der Waals surface area contributed by atoms with Gasteiger partial charge < -0.3 is 9.55 Å². The third-order valence-corrected chi connectivity index (χ3v) is 2.58. The van der Waals surface area contributed by atoms with Gasteiger partial charge in [0.05, 0.1) is 11.7 Å². The number of H-pyrrole nitrogens is 1. The summed E-state index contributed by atoms with van der Waals surface area (Å²) < 4.78 is 15.3. The molecule has 0 atom stereocenters. The van der Waals surface area contributed by atoms with Crippen LogP contribution in [0.15, 0.2) is 30.9 Å². The van der Waals surface area contributed by atoms with E-state index in [1.165, 1.54) is 6.20 Å². The van der Waals surface area contributed by atoms with Gasteiger partial charge in [-0.1, -0.05) is 0 Å². The molecule has 4 nitrogen and oxygen atoms in total. The Balaban J connectivity index is 2.37. The molecule has 3 aromatic rings. The van der Waals surface area contributed by atoms with Gasteiger partial charge in [0.25, 0.3) is 0 Å². The Morgan fingerprint density at radius 2 is 2.25 bits per heavy atom. The topological polar surface area (TPSA) is 46.5 Å². The minimum absolute atomic E-state index is 0.325. The fourth-order valence-corrected chi connectivity index (χ4v) is 1.78. The van der Waals surface area contributed by atoms with Gasteiger partial charge >= 0.3 is 0 Å². The molecule has 0 spiro atoms. The van der Waals surface area contributed by atoms with Crippen LogP contribution < -0.4 is 0 Å². The monoisotopic (exact) mass is 216 g/mol. The van der Waals surface area contributed by atoms with Gasteiger partial charge in [0.15, 0.2) is 11.6 Å². The SMILES string of the molecule is Cn1ccnc1-c1ncc(F)c2cc[nH]c12. The van der Waals surface area contributed by atoms with Crippen LogP contribution in [0.5, 0.6) is 0 Å². The summed E-state index contributed by atoms with van der Waals surface area (Å²) in [4.78, 5) is 11.3. The van der Waals surface area contributed by atoms with Crippen LogP contribution in [0, 0.1) is 5.82 Å². The zero-order valence-electron chi connectivity index (χ0n) is 8.61. The summed E-state index contributed by atoms with van der Waals surface area (Å²) >= 11 is 0. The highest BCUT2D eigenvalue weighted by atomic mass is 19.1. The first-order valence-corrected chi connectivity index (χ1v) is 4.86. The van der Waals surface area contributed by atoms with Crippen LogP contribution in [0.4, 0.5) is 4.39 Å². The molecule has 0 radical (unpaired) electrons. The predicted octanol–water partition coefficient (Wildman–Crippen LogP) is 2.10. The van der Waals surface area contributed by atoms with Crippen molar-refractivity contribution in [3.8, 4) is 11.5 Å². The molecular weight excluding hydrogens is 207 g/mol. The molecule has 0 aromatic carbocycles. The normalized spacial score (nSPS) is 11.1. The highest BCUT2D eigenvalue weighted by molar-refractivity contribution is 5.90. The number of aromatic nitrogens is 4. The molecule has 0 aliphatic rings. The second-order valence-electron chi connectivity index (χ2n) is 3.58. The third-order valence-electron chi connectivity index (χ3n) is 2.58. The first-order chi connectivity index (χ1) is 7.77. The summed E-state index contributed by atoms with van der Waals surface area (Å²) in [5, 5.41) is 0.535. The molecule has 0 fully saturated rings. The van der Waals surface area contributed by atoms with Crippen molar-refractivity contribution in [2.24, 2.45) is 7.05 Å². The van der Waals surface area contributed by atoms with Crippen molar-refractivity contribution in [2.45, 2.75) is 0 Å². The fourth-order valence-electron chi connectivity index (χ4n) is 1.78. The van der Waals surface area contributed by atoms with Gasteiger partial charge in [-0.3, -0.25) is 0 Å². The minimum atomic E-state index is -0.325. The number of nitrogens with zero attached hydrogens (tertiary/aromatic N) is 3. The maximum absolute atomic E-state index is 13.4. The van der Waals surface area contributed by atoms with Crippen molar-refractivity contribution < 1.29 is 4.39 Å². The maximum atomic E-state index is 13.4. The molecule has 1 N–H and O–H groups in total. The number of fused-ring (bicyclic) bond motifs is 1. The number of halogens is 1. The van der Waals surface area contributed by atoms with Gasteiger partial charge in [0.2, 0.25) is 0 Å². The lowest BCUT2D eigenvalue weighted by atomic mass is 10.2. The summed E-state index contributed by atoms with van der Waals surface area (Å²) in [6.07, 6.45) is 6.44. The van der Waals surface area contributed by atoms with E-state index in [4.69, 9.17) is 0 Å². The van der Waals surface area contributed by atoms with E-state index in [9.17, 15) is 4.39 Å². The van der Waals surface area contributed by atoms with E-state index in [1.807, 2.05) is 17.8 Å². The molecule has 3 aromatic heterocycles. The largest absolute Gasteiger partial charge is 0.359 e. The molecule has 0 bridgehead atoms. The number of nitrogens with one attached hydrogen (secondary N) is 1. The van der Waals surface area contributed by atoms with E-state index < -0.39 is 0 Å². The van der Waals surface area contributed by atoms with Crippen molar-refractivity contribution in [1.29, 1.82) is 0 Å². The molecule has 3 rings (SSSR count). The van der Waals surface area contributed by atoms with Gasteiger partial charge in [0, 0.05) is 31.0 Å². The first kappa shape index (κ1) is 9.08. The number of hydrogen-bond donors (Lipinski definition) is 1. The van der Waals surface area contributed by atoms with E-state index in [0.717, 1.165) is 0 Å². The minimum Gasteiger partial charge on any atom is -0.359 e. The van der Waals surface area contributed by atoms with Crippen LogP contribution in [-0.2, 0) is 7.05 Å². The average molecular weight is 216 g/mol. The van der Waals surface area contributed by atoms with E-state index in [1.54, 1.807) is 18.5 Å². The molecule has 0 saturated heterocycles. The predicted molar refractivity (Wildman–Crippen MR) is 58.3 cm³/mol. The van der Waals surface area contributed by atoms with Crippen LogP contribution >= 0.6 is 0 Å². The summed E-state index contributed by atoms with van der Waals surface area (Å²) in [7, 11) is 1.88. The third kappa shape index (κ3) is 1.14. The van der Waals surface area contributed by atoms with Crippen LogP contribution in [0.1, 0.15) is 0 Å². The van der Waals surface area contributed by atoms with E-state index in [-0.39, 0.29) is 5.82 Å². The second kappa shape index (κ2) is 3.16. The maximum Gasteiger partial charge on any atom is 0.160 e. The summed E-state index contributed by atoms with van der Waals surface area (Å²) in [5.74, 6) is 0.390. The summed E-state index contributed by atoms with van der Waals surface area (Å²) in [6, 6.07) is 1.69. The molecular formula is C11H9FN4. The van der Waals surface area contributed by atoms with Crippen molar-refractivity contribution in [1.82, 2.24) is 19.5 Å². The van der Waals surface area contributed by atoms with Crippen molar-refractivity contribution in [3.05, 3.63) is 36.7 Å². The molecule has 3 heterocycles. The average Bonchev–Trinajstić information content (AvgIpc) is 2.88. The molecule has 16 heavy (non-hydrogen) atoms. The van der Waals surface area contributed by atoms with Crippen LogP contribution in [0.25, 0.3) is 22.4 Å². The Morgan fingerprint density at radius 1 is 1.38 bits per heavy atom. The Bertz CT molecular complexity index is 653. The number of imidazole rings is 1. The lowest BCUT2D eigenvalue weighted by Gasteiger charge is -2.02. The first-order valence-electron chi connectivity index (χ1n) is 4.86. The number of aryl methyl sites for hydroxylation is 1. The van der Waals surface area contributed by atoms with Crippen molar-refractivity contribution in [3.63, 3.8) is 0 Å². The van der Waals surface area contributed by atoms with Gasteiger partial charge in [-0.15, -0.1) is 0 Å². The van der Waals surface area contributed by atoms with Crippen molar-refractivity contribution >= 4 is 10.9 Å². The Hall–Kier alpha value is -2.17. The molecule has 0 aliphatic carbocycles. The van der Waals surface area contributed by atoms with Gasteiger partial charge in [0.1, 0.15) is 5.69 Å². The number of pyridine rings is 1. The summed E-state index contributed by atoms with van der Waals surface area (Å²) in [5.41, 5.74) is 1.34. The standard InChI is InChI=1S/C11H9FN4/c1-16-5-4-14-11(16)10-9-7(2-3-13-9)8(12)6-15-10/h2-6,13H,1H3. The Morgan fingerprint density at radius 3 is 3.00 bits per heavy atom. The van der Waals surface area contributed by atoms with Crippen LogP contribution in [0.2, 0.25) is 0 Å². The highest BCUT2D eigenvalue weighted by Gasteiger charge is 2.13. The smallest absolute Gasteiger partial charge is 0.160 e. The lowest BCUT2D eigenvalue weighted by Crippen LogP contribution is -1.95. The fraction of sp³-hybridized carbons (Fsp3) is 0.0909. The highest BCUT2D eigenvalue weighted by Crippen LogP contribution is 2.25. The van der Waals surface area contributed by atoms with Gasteiger partial charge in [-0.2, -0.15) is 0 Å². The quantitative estimate of drug-likeness (QED) is 0.677. The van der Waals surface area contributed by atoms with Crippen LogP contribution in [0.3, 0.4) is 0 Å². The molecule has 0 unspecified atom stereocenters. The molecule has 0 amide bonds. The van der Waals surface area contributed by atoms with Gasteiger partial charge in [-0.25, -0.2) is 14.4 Å². The zero-order valence-corrected chi connectivity index (χ0v) is 8.61.